The van der Waals surface area contributed by atoms with Crippen molar-refractivity contribution in [1.82, 2.24) is 5.32 Å². The Labute approximate surface area is 118 Å². The summed E-state index contributed by atoms with van der Waals surface area (Å²) in [5, 5.41) is 12.0. The Balaban J connectivity index is 2.54. The first kappa shape index (κ1) is 16.6. The Morgan fingerprint density at radius 1 is 1.40 bits per heavy atom. The molecule has 20 heavy (non-hydrogen) atoms. The normalized spacial score (nSPS) is 13.1. The molecule has 0 saturated heterocycles. The molecule has 1 aromatic carbocycles. The molecule has 1 atom stereocenters. The predicted octanol–water partition coefficient (Wildman–Crippen LogP) is 2.42. The third kappa shape index (κ3) is 5.25. The summed E-state index contributed by atoms with van der Waals surface area (Å²) >= 11 is 0. The molecule has 0 aliphatic heterocycles. The molecule has 0 aliphatic carbocycles. The molecule has 1 unspecified atom stereocenters. The van der Waals surface area contributed by atoms with Crippen LogP contribution in [0.25, 0.3) is 0 Å². The number of carbonyl (C=O) groups excluding carboxylic acids is 1. The Morgan fingerprint density at radius 2 is 2.05 bits per heavy atom. The minimum absolute atomic E-state index is 0.0378. The largest absolute Gasteiger partial charge is 0.393 e. The lowest BCUT2D eigenvalue weighted by Crippen LogP contribution is -2.36. The minimum atomic E-state index is -0.981. The molecule has 0 aromatic heterocycles. The molecule has 1 amide bonds. The number of aliphatic hydroxyl groups is 1. The van der Waals surface area contributed by atoms with Gasteiger partial charge in [-0.3, -0.25) is 4.79 Å². The summed E-state index contributed by atoms with van der Waals surface area (Å²) in [5.74, 6) is -2.30. The number of benzene rings is 1. The molecule has 0 aliphatic rings. The minimum Gasteiger partial charge on any atom is -0.393 e. The zero-order chi connectivity index (χ0) is 15.3. The van der Waals surface area contributed by atoms with Gasteiger partial charge in [-0.1, -0.05) is 26.0 Å². The molecular formula is C15H21F2NO2. The zero-order valence-electron chi connectivity index (χ0n) is 12.0. The SMILES string of the molecule is CC(O)CC(C)(C)CNC(=O)Cc1cccc(F)c1F. The quantitative estimate of drug-likeness (QED) is 0.843. The summed E-state index contributed by atoms with van der Waals surface area (Å²) in [6.07, 6.45) is -0.113. The second-order valence-electron chi connectivity index (χ2n) is 5.88. The van der Waals surface area contributed by atoms with Crippen molar-refractivity contribution in [1.29, 1.82) is 0 Å². The standard InChI is InChI=1S/C15H21F2NO2/c1-10(19)8-15(2,3)9-18-13(20)7-11-5-4-6-12(16)14(11)17/h4-6,10,19H,7-9H2,1-3H3,(H,18,20). The molecule has 1 rings (SSSR count). The van der Waals surface area contributed by atoms with Crippen LogP contribution in [0, 0.1) is 17.0 Å². The second-order valence-corrected chi connectivity index (χ2v) is 5.88. The smallest absolute Gasteiger partial charge is 0.224 e. The predicted molar refractivity (Wildman–Crippen MR) is 73.2 cm³/mol. The van der Waals surface area contributed by atoms with E-state index in [1.165, 1.54) is 12.1 Å². The van der Waals surface area contributed by atoms with Gasteiger partial charge in [0.05, 0.1) is 12.5 Å². The first-order valence-electron chi connectivity index (χ1n) is 6.59. The van der Waals surface area contributed by atoms with E-state index in [4.69, 9.17) is 0 Å². The van der Waals surface area contributed by atoms with Crippen molar-refractivity contribution in [3.63, 3.8) is 0 Å². The topological polar surface area (TPSA) is 49.3 Å². The van der Waals surface area contributed by atoms with Gasteiger partial charge in [0.15, 0.2) is 11.6 Å². The van der Waals surface area contributed by atoms with E-state index in [-0.39, 0.29) is 23.3 Å². The van der Waals surface area contributed by atoms with Gasteiger partial charge in [0.1, 0.15) is 0 Å². The maximum Gasteiger partial charge on any atom is 0.224 e. The molecule has 0 bridgehead atoms. The number of nitrogens with one attached hydrogen (secondary N) is 1. The molecule has 0 radical (unpaired) electrons. The van der Waals surface area contributed by atoms with Crippen LogP contribution in [-0.2, 0) is 11.2 Å². The maximum atomic E-state index is 13.4. The summed E-state index contributed by atoms with van der Waals surface area (Å²) in [6.45, 7) is 5.89. The van der Waals surface area contributed by atoms with Crippen LogP contribution >= 0.6 is 0 Å². The number of aliphatic hydroxyl groups excluding tert-OH is 1. The third-order valence-electron chi connectivity index (χ3n) is 2.99. The molecule has 112 valence electrons. The molecule has 1 aromatic rings. The molecule has 0 fully saturated rings. The van der Waals surface area contributed by atoms with Gasteiger partial charge in [0, 0.05) is 12.1 Å². The third-order valence-corrected chi connectivity index (χ3v) is 2.99. The van der Waals surface area contributed by atoms with Gasteiger partial charge in [-0.25, -0.2) is 8.78 Å². The van der Waals surface area contributed by atoms with Gasteiger partial charge in [0.25, 0.3) is 0 Å². The van der Waals surface area contributed by atoms with Gasteiger partial charge in [-0.15, -0.1) is 0 Å². The first-order valence-corrected chi connectivity index (χ1v) is 6.59. The van der Waals surface area contributed by atoms with E-state index in [1.54, 1.807) is 6.92 Å². The number of amides is 1. The summed E-state index contributed by atoms with van der Waals surface area (Å²) < 4.78 is 26.4. The molecule has 0 heterocycles. The highest BCUT2D eigenvalue weighted by Crippen LogP contribution is 2.21. The molecule has 0 spiro atoms. The van der Waals surface area contributed by atoms with Crippen LogP contribution in [0.2, 0.25) is 0 Å². The van der Waals surface area contributed by atoms with E-state index in [1.807, 2.05) is 13.8 Å². The van der Waals surface area contributed by atoms with Crippen LogP contribution in [0.5, 0.6) is 0 Å². The lowest BCUT2D eigenvalue weighted by atomic mass is 9.87. The van der Waals surface area contributed by atoms with Gasteiger partial charge < -0.3 is 10.4 Å². The lowest BCUT2D eigenvalue weighted by Gasteiger charge is -2.26. The molecular weight excluding hydrogens is 264 g/mol. The van der Waals surface area contributed by atoms with Crippen molar-refractivity contribution in [3.8, 4) is 0 Å². The molecule has 3 nitrogen and oxygen atoms in total. The number of hydrogen-bond acceptors (Lipinski definition) is 2. The van der Waals surface area contributed by atoms with Gasteiger partial charge in [0.2, 0.25) is 5.91 Å². The average Bonchev–Trinajstić information content (AvgIpc) is 2.31. The van der Waals surface area contributed by atoms with Crippen LogP contribution < -0.4 is 5.32 Å². The van der Waals surface area contributed by atoms with Crippen molar-refractivity contribution in [2.45, 2.75) is 39.7 Å². The maximum absolute atomic E-state index is 13.4. The number of carbonyl (C=O) groups is 1. The molecule has 0 saturated carbocycles. The summed E-state index contributed by atoms with van der Waals surface area (Å²) in [6, 6.07) is 3.78. The Kier molecular flexibility index (Phi) is 5.62. The van der Waals surface area contributed by atoms with E-state index < -0.39 is 17.7 Å². The summed E-state index contributed by atoms with van der Waals surface area (Å²) in [7, 11) is 0. The van der Waals surface area contributed by atoms with E-state index in [9.17, 15) is 18.7 Å². The zero-order valence-corrected chi connectivity index (χ0v) is 12.0. The van der Waals surface area contributed by atoms with E-state index >= 15 is 0 Å². The monoisotopic (exact) mass is 285 g/mol. The van der Waals surface area contributed by atoms with Crippen LogP contribution in [0.3, 0.4) is 0 Å². The van der Waals surface area contributed by atoms with E-state index in [0.29, 0.717) is 13.0 Å². The van der Waals surface area contributed by atoms with Crippen molar-refractivity contribution < 1.29 is 18.7 Å². The molecule has 5 heteroatoms. The highest BCUT2D eigenvalue weighted by molar-refractivity contribution is 5.78. The van der Waals surface area contributed by atoms with Crippen molar-refractivity contribution in [2.24, 2.45) is 5.41 Å². The summed E-state index contributed by atoms with van der Waals surface area (Å²) in [5.41, 5.74) is -0.222. The van der Waals surface area contributed by atoms with Gasteiger partial charge in [-0.05, 0) is 24.8 Å². The fourth-order valence-corrected chi connectivity index (χ4v) is 2.13. The Hall–Kier alpha value is -1.49. The van der Waals surface area contributed by atoms with E-state index in [2.05, 4.69) is 5.32 Å². The highest BCUT2D eigenvalue weighted by atomic mass is 19.2. The van der Waals surface area contributed by atoms with Crippen molar-refractivity contribution in [2.75, 3.05) is 6.54 Å². The van der Waals surface area contributed by atoms with Gasteiger partial charge in [-0.2, -0.15) is 0 Å². The van der Waals surface area contributed by atoms with Crippen LogP contribution in [-0.4, -0.2) is 23.7 Å². The van der Waals surface area contributed by atoms with Gasteiger partial charge >= 0.3 is 0 Å². The summed E-state index contributed by atoms with van der Waals surface area (Å²) in [4.78, 5) is 11.7. The fourth-order valence-electron chi connectivity index (χ4n) is 2.13. The average molecular weight is 285 g/mol. The van der Waals surface area contributed by atoms with Crippen molar-refractivity contribution >= 4 is 5.91 Å². The van der Waals surface area contributed by atoms with Crippen LogP contribution in [0.1, 0.15) is 32.8 Å². The van der Waals surface area contributed by atoms with E-state index in [0.717, 1.165) is 6.07 Å². The number of rotatable bonds is 6. The molecule has 2 N–H and O–H groups in total. The number of hydrogen-bond donors (Lipinski definition) is 2. The van der Waals surface area contributed by atoms with Crippen LogP contribution in [0.4, 0.5) is 8.78 Å². The highest BCUT2D eigenvalue weighted by Gasteiger charge is 2.21. The first-order chi connectivity index (χ1) is 9.21. The second kappa shape index (κ2) is 6.79. The Bertz CT molecular complexity index is 473. The fraction of sp³-hybridized carbons (Fsp3) is 0.533. The number of halogens is 2. The lowest BCUT2D eigenvalue weighted by molar-refractivity contribution is -0.121. The van der Waals surface area contributed by atoms with Crippen molar-refractivity contribution in [3.05, 3.63) is 35.4 Å². The van der Waals surface area contributed by atoms with Crippen LogP contribution in [0.15, 0.2) is 18.2 Å². The Morgan fingerprint density at radius 3 is 2.65 bits per heavy atom.